The molecule has 128 valence electrons. The van der Waals surface area contributed by atoms with Crippen molar-refractivity contribution in [1.29, 1.82) is 0 Å². The Labute approximate surface area is 134 Å². The first-order valence-corrected chi connectivity index (χ1v) is 8.26. The van der Waals surface area contributed by atoms with Gasteiger partial charge in [0.15, 0.2) is 0 Å². The lowest BCUT2D eigenvalue weighted by Gasteiger charge is -2.27. The van der Waals surface area contributed by atoms with E-state index >= 15 is 0 Å². The minimum Gasteiger partial charge on any atom is -0.465 e. The third-order valence-corrected chi connectivity index (χ3v) is 4.65. The van der Waals surface area contributed by atoms with E-state index < -0.39 is 11.0 Å². The SMILES string of the molecule is CCC(C)(C)OC(=O)N1CCC(COC(=O)C(C)(C)CC)C1. The molecule has 1 aliphatic heterocycles. The summed E-state index contributed by atoms with van der Waals surface area (Å²) >= 11 is 0. The van der Waals surface area contributed by atoms with Crippen molar-refractivity contribution >= 4 is 12.1 Å². The van der Waals surface area contributed by atoms with Gasteiger partial charge in [0, 0.05) is 19.0 Å². The van der Waals surface area contributed by atoms with Crippen LogP contribution < -0.4 is 0 Å². The van der Waals surface area contributed by atoms with Gasteiger partial charge in [-0.1, -0.05) is 13.8 Å². The van der Waals surface area contributed by atoms with E-state index in [1.54, 1.807) is 4.90 Å². The van der Waals surface area contributed by atoms with Crippen LogP contribution in [0.1, 0.15) is 60.8 Å². The van der Waals surface area contributed by atoms with Crippen molar-refractivity contribution in [3.05, 3.63) is 0 Å². The van der Waals surface area contributed by atoms with Crippen LogP contribution in [-0.4, -0.2) is 42.3 Å². The van der Waals surface area contributed by atoms with E-state index in [9.17, 15) is 9.59 Å². The highest BCUT2D eigenvalue weighted by molar-refractivity contribution is 5.75. The Balaban J connectivity index is 2.40. The molecule has 1 unspecified atom stereocenters. The van der Waals surface area contributed by atoms with Crippen LogP contribution >= 0.6 is 0 Å². The van der Waals surface area contributed by atoms with Crippen molar-refractivity contribution in [3.8, 4) is 0 Å². The Morgan fingerprint density at radius 3 is 2.32 bits per heavy atom. The van der Waals surface area contributed by atoms with Crippen LogP contribution in [0.25, 0.3) is 0 Å². The number of carbonyl (C=O) groups is 2. The van der Waals surface area contributed by atoms with Gasteiger partial charge in [0.2, 0.25) is 0 Å². The van der Waals surface area contributed by atoms with Gasteiger partial charge in [0.05, 0.1) is 12.0 Å². The molecular formula is C17H31NO4. The van der Waals surface area contributed by atoms with E-state index in [1.165, 1.54) is 0 Å². The molecule has 0 aliphatic carbocycles. The lowest BCUT2D eigenvalue weighted by molar-refractivity contribution is -0.155. The van der Waals surface area contributed by atoms with Crippen LogP contribution in [-0.2, 0) is 14.3 Å². The predicted molar refractivity (Wildman–Crippen MR) is 85.6 cm³/mol. The molecule has 1 saturated heterocycles. The summed E-state index contributed by atoms with van der Waals surface area (Å²) in [5, 5.41) is 0. The summed E-state index contributed by atoms with van der Waals surface area (Å²) in [5.74, 6) is 0.0389. The third kappa shape index (κ3) is 5.18. The maximum Gasteiger partial charge on any atom is 0.410 e. The Bertz CT molecular complexity index is 403. The molecule has 5 heteroatoms. The highest BCUT2D eigenvalue weighted by Crippen LogP contribution is 2.24. The lowest BCUT2D eigenvalue weighted by atomic mass is 9.91. The molecule has 0 bridgehead atoms. The molecule has 0 radical (unpaired) electrons. The van der Waals surface area contributed by atoms with Crippen LogP contribution in [0.4, 0.5) is 4.79 Å². The van der Waals surface area contributed by atoms with Gasteiger partial charge in [-0.2, -0.15) is 0 Å². The Kier molecular flexibility index (Phi) is 6.27. The van der Waals surface area contributed by atoms with E-state index in [2.05, 4.69) is 0 Å². The molecule has 0 spiro atoms. The summed E-state index contributed by atoms with van der Waals surface area (Å²) < 4.78 is 10.9. The zero-order valence-corrected chi connectivity index (χ0v) is 14.9. The van der Waals surface area contributed by atoms with E-state index in [1.807, 2.05) is 41.5 Å². The van der Waals surface area contributed by atoms with Crippen LogP contribution in [0.5, 0.6) is 0 Å². The van der Waals surface area contributed by atoms with Gasteiger partial charge in [-0.25, -0.2) is 4.79 Å². The number of hydrogen-bond acceptors (Lipinski definition) is 4. The molecule has 5 nitrogen and oxygen atoms in total. The number of hydrogen-bond donors (Lipinski definition) is 0. The molecule has 0 aromatic rings. The number of carbonyl (C=O) groups excluding carboxylic acids is 2. The van der Waals surface area contributed by atoms with Crippen molar-refractivity contribution in [2.45, 2.75) is 66.4 Å². The monoisotopic (exact) mass is 313 g/mol. The molecule has 0 aromatic heterocycles. The second-order valence-corrected chi connectivity index (χ2v) is 7.42. The van der Waals surface area contributed by atoms with Gasteiger partial charge in [0.1, 0.15) is 5.60 Å². The molecule has 0 saturated carbocycles. The smallest absolute Gasteiger partial charge is 0.410 e. The molecule has 1 fully saturated rings. The number of ether oxygens (including phenoxy) is 2. The van der Waals surface area contributed by atoms with Crippen molar-refractivity contribution in [1.82, 2.24) is 4.90 Å². The molecule has 1 atom stereocenters. The van der Waals surface area contributed by atoms with E-state index in [-0.39, 0.29) is 18.0 Å². The maximum absolute atomic E-state index is 12.1. The quantitative estimate of drug-likeness (QED) is 0.703. The van der Waals surface area contributed by atoms with E-state index in [4.69, 9.17) is 9.47 Å². The van der Waals surface area contributed by atoms with E-state index in [0.29, 0.717) is 19.7 Å². The van der Waals surface area contributed by atoms with Gasteiger partial charge in [-0.3, -0.25) is 4.79 Å². The highest BCUT2D eigenvalue weighted by Gasteiger charge is 2.33. The summed E-state index contributed by atoms with van der Waals surface area (Å²) in [7, 11) is 0. The fourth-order valence-electron chi connectivity index (χ4n) is 2.04. The van der Waals surface area contributed by atoms with Gasteiger partial charge in [0.25, 0.3) is 0 Å². The largest absolute Gasteiger partial charge is 0.465 e. The number of nitrogens with zero attached hydrogens (tertiary/aromatic N) is 1. The normalized spacial score (nSPS) is 19.2. The van der Waals surface area contributed by atoms with Crippen molar-refractivity contribution < 1.29 is 19.1 Å². The number of esters is 1. The zero-order chi connectivity index (χ0) is 17.0. The third-order valence-electron chi connectivity index (χ3n) is 4.65. The Morgan fingerprint density at radius 2 is 1.77 bits per heavy atom. The predicted octanol–water partition coefficient (Wildman–Crippen LogP) is 3.61. The first kappa shape index (κ1) is 18.8. The minimum atomic E-state index is -0.442. The topological polar surface area (TPSA) is 55.8 Å². The first-order chi connectivity index (χ1) is 10.1. The average Bonchev–Trinajstić information content (AvgIpc) is 2.93. The number of likely N-dealkylation sites (tertiary alicyclic amines) is 1. The van der Waals surface area contributed by atoms with Crippen molar-refractivity contribution in [3.63, 3.8) is 0 Å². The molecule has 22 heavy (non-hydrogen) atoms. The Hall–Kier alpha value is -1.26. The summed E-state index contributed by atoms with van der Waals surface area (Å²) in [4.78, 5) is 25.8. The summed E-state index contributed by atoms with van der Waals surface area (Å²) in [6, 6.07) is 0. The fourth-order valence-corrected chi connectivity index (χ4v) is 2.04. The van der Waals surface area contributed by atoms with Crippen molar-refractivity contribution in [2.24, 2.45) is 11.3 Å². The molecule has 1 aliphatic rings. The first-order valence-electron chi connectivity index (χ1n) is 8.26. The van der Waals surface area contributed by atoms with Gasteiger partial charge >= 0.3 is 12.1 Å². The van der Waals surface area contributed by atoms with Crippen LogP contribution in [0, 0.1) is 11.3 Å². The van der Waals surface area contributed by atoms with Crippen LogP contribution in [0.15, 0.2) is 0 Å². The summed E-state index contributed by atoms with van der Waals surface area (Å²) in [5.41, 5.74) is -0.880. The highest BCUT2D eigenvalue weighted by atomic mass is 16.6. The Morgan fingerprint density at radius 1 is 1.14 bits per heavy atom. The summed E-state index contributed by atoms with van der Waals surface area (Å²) in [6.45, 7) is 13.2. The van der Waals surface area contributed by atoms with Crippen LogP contribution in [0.3, 0.4) is 0 Å². The van der Waals surface area contributed by atoms with E-state index in [0.717, 1.165) is 19.3 Å². The molecular weight excluding hydrogens is 282 g/mol. The zero-order valence-electron chi connectivity index (χ0n) is 14.9. The van der Waals surface area contributed by atoms with Gasteiger partial charge in [-0.15, -0.1) is 0 Å². The maximum atomic E-state index is 12.1. The molecule has 1 amide bonds. The van der Waals surface area contributed by atoms with Crippen molar-refractivity contribution in [2.75, 3.05) is 19.7 Å². The molecule has 0 aromatic carbocycles. The minimum absolute atomic E-state index is 0.164. The lowest BCUT2D eigenvalue weighted by Crippen LogP contribution is -2.37. The summed E-state index contributed by atoms with van der Waals surface area (Å²) in [6.07, 6.45) is 2.11. The van der Waals surface area contributed by atoms with Gasteiger partial charge in [-0.05, 0) is 47.0 Å². The molecule has 1 heterocycles. The second kappa shape index (κ2) is 7.34. The molecule has 0 N–H and O–H groups in total. The van der Waals surface area contributed by atoms with Crippen LogP contribution in [0.2, 0.25) is 0 Å². The fraction of sp³-hybridized carbons (Fsp3) is 0.882. The second-order valence-electron chi connectivity index (χ2n) is 7.42. The standard InChI is InChI=1S/C17H31NO4/c1-7-16(3,4)14(19)21-12-13-9-10-18(11-13)15(20)22-17(5,6)8-2/h13H,7-12H2,1-6H3. The number of amides is 1. The molecule has 1 rings (SSSR count). The average molecular weight is 313 g/mol. The number of rotatable bonds is 6. The van der Waals surface area contributed by atoms with Gasteiger partial charge < -0.3 is 14.4 Å².